The molecule has 0 saturated heterocycles. The topological polar surface area (TPSA) is 79.2 Å². The Labute approximate surface area is 149 Å². The van der Waals surface area contributed by atoms with Crippen molar-refractivity contribution in [3.05, 3.63) is 70.8 Å². The van der Waals surface area contributed by atoms with E-state index in [9.17, 15) is 18.4 Å². The Bertz CT molecular complexity index is 842. The quantitative estimate of drug-likeness (QED) is 0.804. The SMILES string of the molecule is COC(=O)[C@@H](Cc1cccc(C#N)c1)NC(=O)Cc1cc(F)cc(F)c1. The average molecular weight is 358 g/mol. The van der Waals surface area contributed by atoms with Gasteiger partial charge >= 0.3 is 5.97 Å². The number of rotatable bonds is 6. The van der Waals surface area contributed by atoms with E-state index in [0.29, 0.717) is 17.2 Å². The number of ether oxygens (including phenoxy) is 1. The minimum atomic E-state index is -0.986. The van der Waals surface area contributed by atoms with Crippen LogP contribution in [0.3, 0.4) is 0 Å². The molecule has 2 aromatic rings. The van der Waals surface area contributed by atoms with E-state index in [4.69, 9.17) is 10.00 Å². The van der Waals surface area contributed by atoms with Crippen LogP contribution in [0.1, 0.15) is 16.7 Å². The Hall–Kier alpha value is -3.27. The van der Waals surface area contributed by atoms with Gasteiger partial charge in [0.2, 0.25) is 5.91 Å². The van der Waals surface area contributed by atoms with Gasteiger partial charge in [-0.2, -0.15) is 5.26 Å². The van der Waals surface area contributed by atoms with E-state index in [2.05, 4.69) is 5.32 Å². The van der Waals surface area contributed by atoms with Crippen molar-refractivity contribution in [3.8, 4) is 6.07 Å². The molecule has 2 aromatic carbocycles. The lowest BCUT2D eigenvalue weighted by Crippen LogP contribution is -2.43. The highest BCUT2D eigenvalue weighted by Crippen LogP contribution is 2.11. The maximum atomic E-state index is 13.2. The van der Waals surface area contributed by atoms with Crippen molar-refractivity contribution in [3.63, 3.8) is 0 Å². The highest BCUT2D eigenvalue weighted by atomic mass is 19.1. The summed E-state index contributed by atoms with van der Waals surface area (Å²) in [4.78, 5) is 24.1. The molecule has 0 bridgehead atoms. The lowest BCUT2D eigenvalue weighted by atomic mass is 10.0. The predicted octanol–water partition coefficient (Wildman–Crippen LogP) is 2.28. The number of benzene rings is 2. The number of nitrogens with one attached hydrogen (secondary N) is 1. The molecule has 7 heteroatoms. The van der Waals surface area contributed by atoms with Gasteiger partial charge in [0.15, 0.2) is 0 Å². The van der Waals surface area contributed by atoms with E-state index < -0.39 is 29.6 Å². The minimum Gasteiger partial charge on any atom is -0.467 e. The summed E-state index contributed by atoms with van der Waals surface area (Å²) in [5.41, 5.74) is 1.24. The molecule has 5 nitrogen and oxygen atoms in total. The zero-order valence-corrected chi connectivity index (χ0v) is 14.0. The highest BCUT2D eigenvalue weighted by Gasteiger charge is 2.22. The fourth-order valence-corrected chi connectivity index (χ4v) is 2.48. The summed E-state index contributed by atoms with van der Waals surface area (Å²) in [7, 11) is 1.19. The van der Waals surface area contributed by atoms with Crippen LogP contribution in [0.25, 0.3) is 0 Å². The number of nitriles is 1. The molecule has 1 N–H and O–H groups in total. The van der Waals surface area contributed by atoms with Gasteiger partial charge in [0.05, 0.1) is 25.2 Å². The zero-order valence-electron chi connectivity index (χ0n) is 14.0. The molecule has 0 fully saturated rings. The lowest BCUT2D eigenvalue weighted by Gasteiger charge is -2.17. The summed E-state index contributed by atoms with van der Waals surface area (Å²) in [6, 6.07) is 10.4. The van der Waals surface area contributed by atoms with Crippen LogP contribution in [0.5, 0.6) is 0 Å². The summed E-state index contributed by atoms with van der Waals surface area (Å²) in [6.45, 7) is 0. The molecule has 0 spiro atoms. The van der Waals surface area contributed by atoms with Gasteiger partial charge in [-0.25, -0.2) is 13.6 Å². The number of hydrogen-bond acceptors (Lipinski definition) is 4. The molecule has 0 unspecified atom stereocenters. The highest BCUT2D eigenvalue weighted by molar-refractivity contribution is 5.85. The van der Waals surface area contributed by atoms with Crippen molar-refractivity contribution >= 4 is 11.9 Å². The number of nitrogens with zero attached hydrogens (tertiary/aromatic N) is 1. The average Bonchev–Trinajstić information content (AvgIpc) is 2.59. The van der Waals surface area contributed by atoms with Gasteiger partial charge in [-0.1, -0.05) is 12.1 Å². The number of methoxy groups -OCH3 is 1. The summed E-state index contributed by atoms with van der Waals surface area (Å²) in [5.74, 6) is -2.82. The number of hydrogen-bond donors (Lipinski definition) is 1. The predicted molar refractivity (Wildman–Crippen MR) is 88.9 cm³/mol. The minimum absolute atomic E-state index is 0.117. The maximum Gasteiger partial charge on any atom is 0.328 e. The molecule has 0 heterocycles. The van der Waals surface area contributed by atoms with Crippen LogP contribution in [-0.2, 0) is 27.2 Å². The second-order valence-electron chi connectivity index (χ2n) is 5.61. The van der Waals surface area contributed by atoms with Crippen LogP contribution in [0, 0.1) is 23.0 Å². The van der Waals surface area contributed by atoms with Crippen LogP contribution in [0.4, 0.5) is 8.78 Å². The molecule has 0 saturated carbocycles. The van der Waals surface area contributed by atoms with Gasteiger partial charge in [-0.15, -0.1) is 0 Å². The molecule has 134 valence electrons. The molecule has 0 radical (unpaired) electrons. The van der Waals surface area contributed by atoms with Gasteiger partial charge in [0, 0.05) is 12.5 Å². The van der Waals surface area contributed by atoms with E-state index in [1.165, 1.54) is 7.11 Å². The third kappa shape index (κ3) is 5.38. The van der Waals surface area contributed by atoms with Crippen molar-refractivity contribution in [2.45, 2.75) is 18.9 Å². The second kappa shape index (κ2) is 8.72. The lowest BCUT2D eigenvalue weighted by molar-refractivity contribution is -0.145. The summed E-state index contributed by atoms with van der Waals surface area (Å²) in [5, 5.41) is 11.4. The molecule has 0 aromatic heterocycles. The number of amides is 1. The first-order chi connectivity index (χ1) is 12.4. The number of carbonyl (C=O) groups is 2. The van der Waals surface area contributed by atoms with Crippen LogP contribution >= 0.6 is 0 Å². The van der Waals surface area contributed by atoms with E-state index in [-0.39, 0.29) is 18.4 Å². The van der Waals surface area contributed by atoms with Crippen LogP contribution in [0.2, 0.25) is 0 Å². The van der Waals surface area contributed by atoms with Crippen molar-refractivity contribution in [2.24, 2.45) is 0 Å². The largest absolute Gasteiger partial charge is 0.467 e. The molecule has 0 aliphatic heterocycles. The fourth-order valence-electron chi connectivity index (χ4n) is 2.48. The molecule has 0 aliphatic rings. The Balaban J connectivity index is 2.10. The molecule has 2 rings (SSSR count). The van der Waals surface area contributed by atoms with Gasteiger partial charge in [-0.3, -0.25) is 4.79 Å². The Morgan fingerprint density at radius 1 is 1.15 bits per heavy atom. The van der Waals surface area contributed by atoms with E-state index >= 15 is 0 Å². The van der Waals surface area contributed by atoms with E-state index in [0.717, 1.165) is 12.1 Å². The number of esters is 1. The van der Waals surface area contributed by atoms with Crippen LogP contribution in [-0.4, -0.2) is 25.0 Å². The Kier molecular flexibility index (Phi) is 6.39. The van der Waals surface area contributed by atoms with Gasteiger partial charge in [0.1, 0.15) is 17.7 Å². The molecule has 0 aliphatic carbocycles. The van der Waals surface area contributed by atoms with Crippen LogP contribution in [0.15, 0.2) is 42.5 Å². The first kappa shape index (κ1) is 19.1. The third-order valence-electron chi connectivity index (χ3n) is 3.60. The van der Waals surface area contributed by atoms with Crippen LogP contribution < -0.4 is 5.32 Å². The summed E-state index contributed by atoms with van der Waals surface area (Å²) in [6.07, 6.45) is -0.175. The van der Waals surface area contributed by atoms with Gasteiger partial charge in [0.25, 0.3) is 0 Å². The Morgan fingerprint density at radius 3 is 2.46 bits per heavy atom. The van der Waals surface area contributed by atoms with Gasteiger partial charge in [-0.05, 0) is 35.4 Å². The normalized spacial score (nSPS) is 11.3. The van der Waals surface area contributed by atoms with E-state index in [1.54, 1.807) is 24.3 Å². The third-order valence-corrected chi connectivity index (χ3v) is 3.60. The van der Waals surface area contributed by atoms with Crippen molar-refractivity contribution < 1.29 is 23.1 Å². The molecular formula is C19H16F2N2O3. The maximum absolute atomic E-state index is 13.2. The van der Waals surface area contributed by atoms with E-state index in [1.807, 2.05) is 6.07 Å². The molecule has 1 atom stereocenters. The van der Waals surface area contributed by atoms with Crippen molar-refractivity contribution in [2.75, 3.05) is 7.11 Å². The zero-order chi connectivity index (χ0) is 19.1. The first-order valence-electron chi connectivity index (χ1n) is 7.72. The second-order valence-corrected chi connectivity index (χ2v) is 5.61. The Morgan fingerprint density at radius 2 is 1.85 bits per heavy atom. The van der Waals surface area contributed by atoms with Gasteiger partial charge < -0.3 is 10.1 Å². The van der Waals surface area contributed by atoms with Crippen molar-refractivity contribution in [1.82, 2.24) is 5.32 Å². The summed E-state index contributed by atoms with van der Waals surface area (Å²) >= 11 is 0. The standard InChI is InChI=1S/C19H16F2N2O3/c1-26-19(25)17(8-12-3-2-4-13(5-12)11-22)23-18(24)9-14-6-15(20)10-16(21)7-14/h2-7,10,17H,8-9H2,1H3,(H,23,24)/t17-/m1/s1. The van der Waals surface area contributed by atoms with Crippen molar-refractivity contribution in [1.29, 1.82) is 5.26 Å². The smallest absolute Gasteiger partial charge is 0.328 e. The molecule has 1 amide bonds. The summed E-state index contributed by atoms with van der Waals surface area (Å²) < 4.78 is 31.1. The monoisotopic (exact) mass is 358 g/mol. The number of halogens is 2. The molecule has 26 heavy (non-hydrogen) atoms. The fraction of sp³-hybridized carbons (Fsp3) is 0.211. The number of carbonyl (C=O) groups excluding carboxylic acids is 2. The first-order valence-corrected chi connectivity index (χ1v) is 7.72. The molecular weight excluding hydrogens is 342 g/mol.